The SMILES string of the molecule is CCCCCCCCC(CCCCCC)COc1ccccc1C(N)=O.[C-]#[N+]c1cn2[nH]c(-c3ccc(N4CCCC(C(=O)O)C4)c(NS(=O)Oc4cc(C)ccc4C)c3)nc2c1C(=O)OC1C(C)CC(C)CC1C. The Balaban J connectivity index is 0.000000298. The average molecular weight is 1050 g/mol. The van der Waals surface area contributed by atoms with Gasteiger partial charge in [-0.1, -0.05) is 123 Å². The molecule has 3 aromatic carbocycles. The number of benzene rings is 3. The minimum atomic E-state index is -1.99. The molecule has 1 amide bonds. The van der Waals surface area contributed by atoms with Crippen molar-refractivity contribution in [2.75, 3.05) is 29.3 Å². The molecule has 5 unspecified atom stereocenters. The number of amides is 1. The predicted octanol–water partition coefficient (Wildman–Crippen LogP) is 13.6. The molecular weight excluding hydrogens is 967 g/mol. The third-order valence-corrected chi connectivity index (χ3v) is 15.5. The van der Waals surface area contributed by atoms with E-state index in [9.17, 15) is 23.7 Å². The van der Waals surface area contributed by atoms with Crippen LogP contribution in [0.4, 0.5) is 17.1 Å². The van der Waals surface area contributed by atoms with E-state index in [1.165, 1.54) is 83.2 Å². The normalized spacial score (nSPS) is 19.3. The van der Waals surface area contributed by atoms with Gasteiger partial charge in [-0.3, -0.25) is 23.9 Å². The number of ether oxygens (including phenoxy) is 2. The molecule has 5 N–H and O–H groups in total. The Morgan fingerprint density at radius 1 is 0.920 bits per heavy atom. The van der Waals surface area contributed by atoms with Crippen molar-refractivity contribution in [3.8, 4) is 22.9 Å². The summed E-state index contributed by atoms with van der Waals surface area (Å²) in [6.07, 6.45) is 20.1. The number of hydrogen-bond donors (Lipinski definition) is 4. The van der Waals surface area contributed by atoms with Gasteiger partial charge in [-0.2, -0.15) is 4.21 Å². The standard InChI is InChI=1S/C36H42N6O6S.C23H39NO2/c1-20-9-10-22(3)30(16-20)48-49(46)40-27-17-25(11-12-29(27)41-13-7-8-26(18-41)35(43)44)33-38-34-31(28(37-6)19-42(34)39-33)36(45)47-32-23(4)14-21(2)15-24(32)5;1-3-5-7-9-10-12-16-20(15-11-8-6-4-2)19-26-22-18-14-13-17-21(22)23(24)25/h9-12,16-17,19,21,23-24,26,32,40H,7-8,13-15,18H2,1-5H3,(H,38,39)(H,43,44);13-14,17-18,20H,3-12,15-16,19H2,1-2H3,(H2,24,25). The largest absolute Gasteiger partial charge is 0.492 e. The molecule has 2 fully saturated rings. The lowest BCUT2D eigenvalue weighted by atomic mass is 9.75. The van der Waals surface area contributed by atoms with Gasteiger partial charge in [0, 0.05) is 24.8 Å². The molecular formula is C59H81N7O8S. The van der Waals surface area contributed by atoms with E-state index in [0.717, 1.165) is 24.0 Å². The van der Waals surface area contributed by atoms with Gasteiger partial charge in [0.25, 0.3) is 5.91 Å². The molecule has 15 nitrogen and oxygen atoms in total. The second kappa shape index (κ2) is 28.5. The van der Waals surface area contributed by atoms with Crippen molar-refractivity contribution in [2.24, 2.45) is 35.3 Å². The number of aliphatic carboxylic acids is 1. The number of aromatic amines is 1. The number of H-pyrrole nitrogens is 1. The lowest BCUT2D eigenvalue weighted by Crippen LogP contribution is -2.39. The van der Waals surface area contributed by atoms with Crippen LogP contribution in [0.2, 0.25) is 0 Å². The Bertz CT molecular complexity index is 2730. The molecule has 5 aromatic rings. The van der Waals surface area contributed by atoms with Crippen molar-refractivity contribution in [2.45, 2.75) is 157 Å². The predicted molar refractivity (Wildman–Crippen MR) is 299 cm³/mol. The van der Waals surface area contributed by atoms with E-state index in [1.807, 2.05) is 67.3 Å². The number of piperidine rings is 1. The second-order valence-corrected chi connectivity index (χ2v) is 22.0. The van der Waals surface area contributed by atoms with Gasteiger partial charge in [0.15, 0.2) is 11.5 Å². The third-order valence-electron chi connectivity index (χ3n) is 14.8. The van der Waals surface area contributed by atoms with Gasteiger partial charge in [-0.05, 0) is 124 Å². The zero-order valence-electron chi connectivity index (χ0n) is 45.3. The van der Waals surface area contributed by atoms with Crippen molar-refractivity contribution >= 4 is 51.8 Å². The molecule has 406 valence electrons. The molecule has 3 heterocycles. The van der Waals surface area contributed by atoms with Crippen LogP contribution in [0.1, 0.15) is 169 Å². The van der Waals surface area contributed by atoms with Crippen molar-refractivity contribution in [1.82, 2.24) is 14.6 Å². The van der Waals surface area contributed by atoms with Gasteiger partial charge in [-0.15, -0.1) is 0 Å². The summed E-state index contributed by atoms with van der Waals surface area (Å²) < 4.78 is 35.8. The smallest absolute Gasteiger partial charge is 0.331 e. The summed E-state index contributed by atoms with van der Waals surface area (Å²) in [6.45, 7) is 24.1. The van der Waals surface area contributed by atoms with Gasteiger partial charge in [0.2, 0.25) is 5.69 Å². The van der Waals surface area contributed by atoms with Gasteiger partial charge < -0.3 is 29.4 Å². The molecule has 1 saturated heterocycles. The number of nitrogens with zero attached hydrogens (tertiary/aromatic N) is 4. The first-order chi connectivity index (χ1) is 36.1. The van der Waals surface area contributed by atoms with Crippen LogP contribution in [-0.4, -0.2) is 67.6 Å². The minimum Gasteiger partial charge on any atom is -0.492 e. The van der Waals surface area contributed by atoms with Crippen molar-refractivity contribution < 1.29 is 37.4 Å². The van der Waals surface area contributed by atoms with Crippen LogP contribution in [0.5, 0.6) is 11.5 Å². The monoisotopic (exact) mass is 1050 g/mol. The molecule has 1 aliphatic heterocycles. The lowest BCUT2D eigenvalue weighted by molar-refractivity contribution is -0.141. The first kappa shape index (κ1) is 57.9. The molecule has 2 aliphatic rings. The van der Waals surface area contributed by atoms with Crippen molar-refractivity contribution in [3.05, 3.63) is 101 Å². The summed E-state index contributed by atoms with van der Waals surface area (Å²) in [7, 11) is 0. The van der Waals surface area contributed by atoms with E-state index in [-0.39, 0.29) is 34.8 Å². The molecule has 1 aliphatic carbocycles. The Morgan fingerprint density at radius 3 is 2.28 bits per heavy atom. The summed E-state index contributed by atoms with van der Waals surface area (Å²) in [4.78, 5) is 47.3. The quantitative estimate of drug-likeness (QED) is 0.0248. The number of carbonyl (C=O) groups is 3. The van der Waals surface area contributed by atoms with E-state index in [2.05, 4.69) is 49.3 Å². The average Bonchev–Trinajstić information content (AvgIpc) is 3.96. The molecule has 5 atom stereocenters. The molecule has 1 saturated carbocycles. The van der Waals surface area contributed by atoms with Crippen molar-refractivity contribution in [1.29, 1.82) is 0 Å². The highest BCUT2D eigenvalue weighted by Crippen LogP contribution is 2.38. The Kier molecular flexibility index (Phi) is 22.0. The molecule has 0 spiro atoms. The van der Waals surface area contributed by atoms with E-state index in [0.29, 0.717) is 84.2 Å². The van der Waals surface area contributed by atoms with Crippen molar-refractivity contribution in [3.63, 3.8) is 0 Å². The van der Waals surface area contributed by atoms with Crippen LogP contribution in [0.15, 0.2) is 66.9 Å². The van der Waals surface area contributed by atoms with E-state index < -0.39 is 35.0 Å². The Labute approximate surface area is 447 Å². The number of carbonyl (C=O) groups excluding carboxylic acids is 2. The number of carboxylic acid groups (broad SMARTS) is 1. The number of rotatable bonds is 25. The zero-order chi connectivity index (χ0) is 54.0. The van der Waals surface area contributed by atoms with Gasteiger partial charge in [0.1, 0.15) is 23.2 Å². The van der Waals surface area contributed by atoms with Gasteiger partial charge >= 0.3 is 23.2 Å². The molecule has 0 radical (unpaired) electrons. The Morgan fingerprint density at radius 2 is 1.60 bits per heavy atom. The number of hydrogen-bond acceptors (Lipinski definition) is 9. The number of aryl methyl sites for hydroxylation is 2. The third kappa shape index (κ3) is 16.3. The topological polar surface area (TPSA) is 195 Å². The number of carboxylic acids is 1. The Hall–Kier alpha value is -6.34. The fourth-order valence-corrected chi connectivity index (χ4v) is 11.5. The number of para-hydroxylation sites is 1. The van der Waals surface area contributed by atoms with E-state index >= 15 is 0 Å². The number of esters is 1. The van der Waals surface area contributed by atoms with Crippen LogP contribution in [0, 0.1) is 50.0 Å². The number of fused-ring (bicyclic) bond motifs is 1. The lowest BCUT2D eigenvalue weighted by Gasteiger charge is -2.37. The zero-order valence-corrected chi connectivity index (χ0v) is 46.1. The number of unbranched alkanes of at least 4 members (excludes halogenated alkanes) is 8. The van der Waals surface area contributed by atoms with Crippen LogP contribution in [0.3, 0.4) is 0 Å². The number of anilines is 2. The minimum absolute atomic E-state index is 0.113. The van der Waals surface area contributed by atoms with Crippen LogP contribution in [-0.2, 0) is 20.8 Å². The molecule has 16 heteroatoms. The number of aromatic nitrogens is 3. The summed E-state index contributed by atoms with van der Waals surface area (Å²) in [6, 6.07) is 18.4. The summed E-state index contributed by atoms with van der Waals surface area (Å²) in [5, 5.41) is 12.9. The molecule has 75 heavy (non-hydrogen) atoms. The summed E-state index contributed by atoms with van der Waals surface area (Å²) in [5.74, 6) is 0.682. The number of nitrogens with one attached hydrogen (secondary N) is 2. The summed E-state index contributed by atoms with van der Waals surface area (Å²) in [5.41, 5.74) is 10.0. The van der Waals surface area contributed by atoms with Crippen LogP contribution >= 0.6 is 0 Å². The van der Waals surface area contributed by atoms with E-state index in [4.69, 9.17) is 30.9 Å². The van der Waals surface area contributed by atoms with Gasteiger partial charge in [0.05, 0.1) is 36.0 Å². The van der Waals surface area contributed by atoms with E-state index in [1.54, 1.807) is 16.6 Å². The van der Waals surface area contributed by atoms with Gasteiger partial charge in [-0.25, -0.2) is 14.6 Å². The fourth-order valence-electron chi connectivity index (χ4n) is 10.8. The first-order valence-corrected chi connectivity index (χ1v) is 28.4. The highest BCUT2D eigenvalue weighted by Gasteiger charge is 2.36. The highest BCUT2D eigenvalue weighted by molar-refractivity contribution is 7.82. The van der Waals surface area contributed by atoms with Crippen LogP contribution in [0.25, 0.3) is 21.9 Å². The maximum atomic E-state index is 13.6. The maximum Gasteiger partial charge on any atom is 0.331 e. The number of nitrogens with two attached hydrogens (primary N) is 1. The maximum absolute atomic E-state index is 13.6. The summed E-state index contributed by atoms with van der Waals surface area (Å²) >= 11 is -1.99. The molecule has 0 bridgehead atoms. The second-order valence-electron chi connectivity index (χ2n) is 21.2. The fraction of sp³-hybridized carbons (Fsp3) is 0.542. The van der Waals surface area contributed by atoms with Crippen LogP contribution < -0.4 is 24.3 Å². The highest BCUT2D eigenvalue weighted by atomic mass is 32.2. The molecule has 7 rings (SSSR count). The molecule has 2 aromatic heterocycles. The first-order valence-electron chi connectivity index (χ1n) is 27.4. The number of primary amides is 1.